The maximum Gasteiger partial charge on any atom is 0.170 e. The van der Waals surface area contributed by atoms with Gasteiger partial charge in [-0.25, -0.2) is 0 Å². The molecule has 0 saturated carbocycles. The molecule has 2 atom stereocenters. The predicted octanol–water partition coefficient (Wildman–Crippen LogP) is 3.46. The number of aryl methyl sites for hydroxylation is 1. The number of aliphatic hydroxyl groups is 1. The van der Waals surface area contributed by atoms with Crippen molar-refractivity contribution in [3.8, 4) is 11.4 Å². The van der Waals surface area contributed by atoms with Crippen molar-refractivity contribution >= 4 is 17.3 Å². The van der Waals surface area contributed by atoms with Crippen LogP contribution in [0.5, 0.6) is 5.75 Å². The normalized spacial score (nSPS) is 18.5. The summed E-state index contributed by atoms with van der Waals surface area (Å²) >= 11 is 5.62. The number of rotatable bonds is 6. The van der Waals surface area contributed by atoms with Gasteiger partial charge in [-0.1, -0.05) is 12.1 Å². The lowest BCUT2D eigenvalue weighted by atomic mass is 9.97. The second kappa shape index (κ2) is 8.45. The van der Waals surface area contributed by atoms with Crippen molar-refractivity contribution in [2.45, 2.75) is 25.9 Å². The van der Waals surface area contributed by atoms with Crippen LogP contribution in [0.1, 0.15) is 34.7 Å². The highest BCUT2D eigenvalue weighted by Gasteiger charge is 2.41. The lowest BCUT2D eigenvalue weighted by molar-refractivity contribution is 0.223. The molecule has 0 spiro atoms. The van der Waals surface area contributed by atoms with E-state index in [9.17, 15) is 5.11 Å². The Bertz CT molecular complexity index is 1050. The van der Waals surface area contributed by atoms with Crippen molar-refractivity contribution in [2.24, 2.45) is 0 Å². The number of aliphatic hydroxyl groups excluding tert-OH is 1. The van der Waals surface area contributed by atoms with Crippen molar-refractivity contribution in [3.63, 3.8) is 0 Å². The van der Waals surface area contributed by atoms with Gasteiger partial charge in [-0.3, -0.25) is 4.98 Å². The number of pyridine rings is 1. The van der Waals surface area contributed by atoms with E-state index in [0.29, 0.717) is 11.7 Å². The summed E-state index contributed by atoms with van der Waals surface area (Å²) in [6, 6.07) is 16.0. The van der Waals surface area contributed by atoms with Gasteiger partial charge in [0.1, 0.15) is 5.75 Å². The van der Waals surface area contributed by atoms with Crippen LogP contribution in [0.15, 0.2) is 54.7 Å². The SMILES string of the molecule is COc1cccc(-n2c(C)cc([C@H]3[C@H](c4ccccn4)NC(=S)N3CCO)c2C)c1. The minimum atomic E-state index is -0.0930. The molecule has 0 unspecified atom stereocenters. The third-order valence-corrected chi connectivity index (χ3v) is 5.99. The zero-order chi connectivity index (χ0) is 21.3. The summed E-state index contributed by atoms with van der Waals surface area (Å²) < 4.78 is 7.64. The lowest BCUT2D eigenvalue weighted by Gasteiger charge is -2.27. The van der Waals surface area contributed by atoms with Gasteiger partial charge in [0.05, 0.1) is 31.5 Å². The molecule has 0 bridgehead atoms. The molecule has 0 amide bonds. The second-order valence-electron chi connectivity index (χ2n) is 7.41. The Balaban J connectivity index is 1.83. The molecule has 156 valence electrons. The summed E-state index contributed by atoms with van der Waals surface area (Å²) in [6.07, 6.45) is 1.80. The molecule has 0 aliphatic carbocycles. The summed E-state index contributed by atoms with van der Waals surface area (Å²) in [5.41, 5.74) is 5.38. The molecule has 3 heterocycles. The molecule has 7 heteroatoms. The molecule has 1 fully saturated rings. The molecule has 1 saturated heterocycles. The number of nitrogens with one attached hydrogen (secondary N) is 1. The highest BCUT2D eigenvalue weighted by molar-refractivity contribution is 7.80. The van der Waals surface area contributed by atoms with Gasteiger partial charge < -0.3 is 24.6 Å². The number of ether oxygens (including phenoxy) is 1. The van der Waals surface area contributed by atoms with Crippen LogP contribution in [0.3, 0.4) is 0 Å². The van der Waals surface area contributed by atoms with Crippen LogP contribution >= 0.6 is 12.2 Å². The van der Waals surface area contributed by atoms with E-state index >= 15 is 0 Å². The summed E-state index contributed by atoms with van der Waals surface area (Å²) in [5, 5.41) is 13.7. The van der Waals surface area contributed by atoms with Gasteiger partial charge in [0.2, 0.25) is 0 Å². The van der Waals surface area contributed by atoms with Gasteiger partial charge in [-0.05, 0) is 62.0 Å². The van der Waals surface area contributed by atoms with Crippen LogP contribution in [0.2, 0.25) is 0 Å². The molecular weight excluding hydrogens is 396 g/mol. The molecule has 2 aromatic heterocycles. The number of nitrogens with zero attached hydrogens (tertiary/aromatic N) is 3. The molecule has 6 nitrogen and oxygen atoms in total. The summed E-state index contributed by atoms with van der Waals surface area (Å²) in [7, 11) is 1.68. The van der Waals surface area contributed by atoms with E-state index in [4.69, 9.17) is 17.0 Å². The van der Waals surface area contributed by atoms with Gasteiger partial charge in [-0.15, -0.1) is 0 Å². The summed E-state index contributed by atoms with van der Waals surface area (Å²) in [4.78, 5) is 6.63. The Morgan fingerprint density at radius 1 is 1.17 bits per heavy atom. The molecule has 3 aromatic rings. The van der Waals surface area contributed by atoms with E-state index < -0.39 is 0 Å². The van der Waals surface area contributed by atoms with Gasteiger partial charge in [0, 0.05) is 35.9 Å². The van der Waals surface area contributed by atoms with E-state index in [-0.39, 0.29) is 18.7 Å². The molecule has 0 radical (unpaired) electrons. The molecule has 1 aromatic carbocycles. The Kier molecular flexibility index (Phi) is 5.74. The molecule has 2 N–H and O–H groups in total. The van der Waals surface area contributed by atoms with Gasteiger partial charge in [0.25, 0.3) is 0 Å². The van der Waals surface area contributed by atoms with Crippen LogP contribution in [-0.2, 0) is 0 Å². The number of methoxy groups -OCH3 is 1. The van der Waals surface area contributed by atoms with Crippen molar-refractivity contribution in [1.29, 1.82) is 0 Å². The first-order chi connectivity index (χ1) is 14.5. The minimum Gasteiger partial charge on any atom is -0.497 e. The van der Waals surface area contributed by atoms with Crippen LogP contribution in [-0.4, -0.2) is 44.9 Å². The third-order valence-electron chi connectivity index (χ3n) is 5.64. The largest absolute Gasteiger partial charge is 0.497 e. The van der Waals surface area contributed by atoms with E-state index in [2.05, 4.69) is 45.7 Å². The maximum atomic E-state index is 9.67. The first kappa shape index (κ1) is 20.4. The summed E-state index contributed by atoms with van der Waals surface area (Å²) in [6.45, 7) is 4.71. The Morgan fingerprint density at radius 3 is 2.70 bits per heavy atom. The number of benzene rings is 1. The van der Waals surface area contributed by atoms with Crippen LogP contribution < -0.4 is 10.1 Å². The molecule has 4 rings (SSSR count). The highest BCUT2D eigenvalue weighted by atomic mass is 32.1. The first-order valence-electron chi connectivity index (χ1n) is 9.97. The standard InChI is InChI=1S/C23H26N4O2S/c1-15-13-19(16(2)27(15)17-7-6-8-18(14-17)29-3)22-21(20-9-4-5-10-24-20)25-23(30)26(22)11-12-28/h4-10,13-14,21-22,28H,11-12H2,1-3H3,(H,25,30)/t21-,22-/m0/s1. The smallest absolute Gasteiger partial charge is 0.170 e. The fourth-order valence-corrected chi connectivity index (χ4v) is 4.66. The summed E-state index contributed by atoms with van der Waals surface area (Å²) in [5.74, 6) is 0.818. The monoisotopic (exact) mass is 422 g/mol. The quantitative estimate of drug-likeness (QED) is 0.593. The highest BCUT2D eigenvalue weighted by Crippen LogP contribution is 2.41. The number of hydrogen-bond acceptors (Lipinski definition) is 4. The predicted molar refractivity (Wildman–Crippen MR) is 121 cm³/mol. The second-order valence-corrected chi connectivity index (χ2v) is 7.79. The van der Waals surface area contributed by atoms with Gasteiger partial charge >= 0.3 is 0 Å². The van der Waals surface area contributed by atoms with Gasteiger partial charge in [0.15, 0.2) is 5.11 Å². The Labute approximate surface area is 182 Å². The van der Waals surface area contributed by atoms with Crippen molar-refractivity contribution in [3.05, 3.63) is 77.4 Å². The van der Waals surface area contributed by atoms with Crippen LogP contribution in [0.25, 0.3) is 5.69 Å². The molecular formula is C23H26N4O2S. The van der Waals surface area contributed by atoms with E-state index in [0.717, 1.165) is 34.1 Å². The van der Waals surface area contributed by atoms with E-state index in [1.165, 1.54) is 0 Å². The topological polar surface area (TPSA) is 62.5 Å². The fraction of sp³-hybridized carbons (Fsp3) is 0.304. The van der Waals surface area contributed by atoms with Gasteiger partial charge in [-0.2, -0.15) is 0 Å². The zero-order valence-electron chi connectivity index (χ0n) is 17.4. The van der Waals surface area contributed by atoms with Crippen molar-refractivity contribution in [2.75, 3.05) is 20.3 Å². The fourth-order valence-electron chi connectivity index (χ4n) is 4.33. The Hall–Kier alpha value is -2.90. The first-order valence-corrected chi connectivity index (χ1v) is 10.4. The van der Waals surface area contributed by atoms with Crippen molar-refractivity contribution in [1.82, 2.24) is 19.8 Å². The number of β-amino-alcohol motifs (C(OH)–C–C–N with tert-alkyl or cyclic N) is 1. The van der Waals surface area contributed by atoms with E-state index in [1.807, 2.05) is 36.4 Å². The molecule has 1 aliphatic heterocycles. The zero-order valence-corrected chi connectivity index (χ0v) is 18.2. The average molecular weight is 423 g/mol. The lowest BCUT2D eigenvalue weighted by Crippen LogP contribution is -2.32. The van der Waals surface area contributed by atoms with Crippen LogP contribution in [0, 0.1) is 13.8 Å². The average Bonchev–Trinajstić information content (AvgIpc) is 3.24. The molecule has 1 aliphatic rings. The van der Waals surface area contributed by atoms with Crippen LogP contribution in [0.4, 0.5) is 0 Å². The number of aromatic nitrogens is 2. The minimum absolute atomic E-state index is 0.0296. The number of thiocarbonyl (C=S) groups is 1. The maximum absolute atomic E-state index is 9.67. The van der Waals surface area contributed by atoms with E-state index in [1.54, 1.807) is 13.3 Å². The third kappa shape index (κ3) is 3.55. The number of hydrogen-bond donors (Lipinski definition) is 2. The Morgan fingerprint density at radius 2 is 2.00 bits per heavy atom. The molecule has 30 heavy (non-hydrogen) atoms. The van der Waals surface area contributed by atoms with Crippen molar-refractivity contribution < 1.29 is 9.84 Å².